The van der Waals surface area contributed by atoms with E-state index in [1.807, 2.05) is 24.3 Å². The van der Waals surface area contributed by atoms with Gasteiger partial charge in [-0.3, -0.25) is 0 Å². The molecule has 0 saturated heterocycles. The summed E-state index contributed by atoms with van der Waals surface area (Å²) in [5, 5.41) is 9.47. The monoisotopic (exact) mass is 257 g/mol. The lowest BCUT2D eigenvalue weighted by Crippen LogP contribution is -1.90. The maximum absolute atomic E-state index is 9.06. The zero-order valence-corrected chi connectivity index (χ0v) is 10.7. The van der Waals surface area contributed by atoms with Gasteiger partial charge < -0.3 is 4.74 Å². The molecular formula is C15H12ClNO. The van der Waals surface area contributed by atoms with E-state index in [1.54, 1.807) is 18.2 Å². The number of aryl methyl sites for hydroxylation is 1. The third-order valence-electron chi connectivity index (χ3n) is 2.62. The van der Waals surface area contributed by atoms with Crippen LogP contribution in [0.5, 0.6) is 11.5 Å². The second kappa shape index (κ2) is 5.57. The van der Waals surface area contributed by atoms with Gasteiger partial charge in [-0.15, -0.1) is 0 Å². The van der Waals surface area contributed by atoms with Crippen LogP contribution >= 0.6 is 11.6 Å². The lowest BCUT2D eigenvalue weighted by molar-refractivity contribution is 0.480. The Kier molecular flexibility index (Phi) is 3.86. The van der Waals surface area contributed by atoms with Crippen molar-refractivity contribution in [2.75, 3.05) is 0 Å². The van der Waals surface area contributed by atoms with Crippen LogP contribution in [-0.2, 0) is 6.42 Å². The molecule has 0 aliphatic rings. The summed E-state index contributed by atoms with van der Waals surface area (Å²) >= 11 is 5.95. The van der Waals surface area contributed by atoms with Crippen LogP contribution in [0.15, 0.2) is 42.5 Å². The first-order valence-electron chi connectivity index (χ1n) is 5.70. The Hall–Kier alpha value is -1.98. The van der Waals surface area contributed by atoms with E-state index in [1.165, 1.54) is 5.56 Å². The van der Waals surface area contributed by atoms with Crippen LogP contribution in [0.3, 0.4) is 0 Å². The van der Waals surface area contributed by atoms with Crippen molar-refractivity contribution in [3.8, 4) is 17.6 Å². The van der Waals surface area contributed by atoms with E-state index in [0.29, 0.717) is 22.1 Å². The van der Waals surface area contributed by atoms with Crippen molar-refractivity contribution in [3.05, 3.63) is 58.6 Å². The van der Waals surface area contributed by atoms with Gasteiger partial charge in [0.2, 0.25) is 0 Å². The van der Waals surface area contributed by atoms with Gasteiger partial charge in [-0.2, -0.15) is 5.26 Å². The van der Waals surface area contributed by atoms with E-state index in [4.69, 9.17) is 21.6 Å². The molecule has 0 saturated carbocycles. The molecule has 0 atom stereocenters. The number of ether oxygens (including phenoxy) is 1. The molecule has 0 radical (unpaired) electrons. The lowest BCUT2D eigenvalue weighted by atomic mass is 10.1. The normalized spacial score (nSPS) is 9.83. The van der Waals surface area contributed by atoms with Gasteiger partial charge in [0.25, 0.3) is 0 Å². The molecule has 2 aromatic carbocycles. The van der Waals surface area contributed by atoms with Crippen LogP contribution in [0.4, 0.5) is 0 Å². The average molecular weight is 258 g/mol. The van der Waals surface area contributed by atoms with Gasteiger partial charge in [-0.25, -0.2) is 0 Å². The zero-order valence-electron chi connectivity index (χ0n) is 9.98. The first kappa shape index (κ1) is 12.5. The highest BCUT2D eigenvalue weighted by atomic mass is 35.5. The third-order valence-corrected chi connectivity index (χ3v) is 2.94. The highest BCUT2D eigenvalue weighted by Gasteiger charge is 2.08. The van der Waals surface area contributed by atoms with Crippen molar-refractivity contribution in [3.63, 3.8) is 0 Å². The van der Waals surface area contributed by atoms with E-state index in [-0.39, 0.29) is 0 Å². The molecular weight excluding hydrogens is 246 g/mol. The summed E-state index contributed by atoms with van der Waals surface area (Å²) in [6, 6.07) is 15.0. The Morgan fingerprint density at radius 2 is 2.00 bits per heavy atom. The smallest absolute Gasteiger partial charge is 0.146 e. The largest absolute Gasteiger partial charge is 0.456 e. The van der Waals surface area contributed by atoms with E-state index < -0.39 is 0 Å². The molecule has 0 unspecified atom stereocenters. The molecule has 0 fully saturated rings. The molecule has 18 heavy (non-hydrogen) atoms. The lowest BCUT2D eigenvalue weighted by Gasteiger charge is -2.09. The fourth-order valence-corrected chi connectivity index (χ4v) is 1.86. The molecule has 90 valence electrons. The van der Waals surface area contributed by atoms with Crippen molar-refractivity contribution in [1.29, 1.82) is 5.26 Å². The number of halogens is 1. The van der Waals surface area contributed by atoms with E-state index in [2.05, 4.69) is 13.0 Å². The summed E-state index contributed by atoms with van der Waals surface area (Å²) in [7, 11) is 0. The predicted molar refractivity (Wildman–Crippen MR) is 72.1 cm³/mol. The minimum Gasteiger partial charge on any atom is -0.456 e. The first-order valence-corrected chi connectivity index (χ1v) is 6.07. The number of nitrogens with zero attached hydrogens (tertiary/aromatic N) is 1. The fourth-order valence-electron chi connectivity index (χ4n) is 1.65. The van der Waals surface area contributed by atoms with Crippen LogP contribution in [0, 0.1) is 11.3 Å². The number of benzene rings is 2. The van der Waals surface area contributed by atoms with Crippen molar-refractivity contribution in [2.24, 2.45) is 0 Å². The fraction of sp³-hybridized carbons (Fsp3) is 0.133. The maximum atomic E-state index is 9.06. The van der Waals surface area contributed by atoms with Gasteiger partial charge in [0.15, 0.2) is 0 Å². The number of hydrogen-bond acceptors (Lipinski definition) is 2. The van der Waals surface area contributed by atoms with Crippen LogP contribution in [0.2, 0.25) is 5.02 Å². The van der Waals surface area contributed by atoms with Gasteiger partial charge in [0.1, 0.15) is 23.1 Å². The Bertz CT molecular complexity index is 602. The Morgan fingerprint density at radius 3 is 2.72 bits per heavy atom. The van der Waals surface area contributed by atoms with Gasteiger partial charge in [0.05, 0.1) is 5.02 Å². The molecule has 2 rings (SSSR count). The van der Waals surface area contributed by atoms with Crippen LogP contribution in [-0.4, -0.2) is 0 Å². The SMILES string of the molecule is CCc1cccc(Oc2cccc(Cl)c2C#N)c1. The summed E-state index contributed by atoms with van der Waals surface area (Å²) in [5.74, 6) is 1.20. The Labute approximate surface area is 111 Å². The van der Waals surface area contributed by atoms with Crippen molar-refractivity contribution in [2.45, 2.75) is 13.3 Å². The Balaban J connectivity index is 2.34. The van der Waals surface area contributed by atoms with Crippen LogP contribution in [0.1, 0.15) is 18.1 Å². The molecule has 2 nitrogen and oxygen atoms in total. The third kappa shape index (κ3) is 2.64. The molecule has 0 spiro atoms. The van der Waals surface area contributed by atoms with Gasteiger partial charge >= 0.3 is 0 Å². The molecule has 0 aromatic heterocycles. The van der Waals surface area contributed by atoms with Crippen molar-refractivity contribution >= 4 is 11.6 Å². The summed E-state index contributed by atoms with van der Waals surface area (Å²) < 4.78 is 5.72. The molecule has 0 aliphatic carbocycles. The standard InChI is InChI=1S/C15H12ClNO/c1-2-11-5-3-6-12(9-11)18-15-8-4-7-14(16)13(15)10-17/h3-9H,2H2,1H3. The van der Waals surface area contributed by atoms with E-state index in [0.717, 1.165) is 6.42 Å². The van der Waals surface area contributed by atoms with E-state index in [9.17, 15) is 0 Å². The molecule has 0 N–H and O–H groups in total. The first-order chi connectivity index (χ1) is 8.74. The van der Waals surface area contributed by atoms with Gasteiger partial charge in [-0.05, 0) is 36.2 Å². The van der Waals surface area contributed by atoms with Gasteiger partial charge in [-0.1, -0.05) is 36.7 Å². The van der Waals surface area contributed by atoms with Crippen LogP contribution in [0.25, 0.3) is 0 Å². The highest BCUT2D eigenvalue weighted by molar-refractivity contribution is 6.31. The predicted octanol–water partition coefficient (Wildman–Crippen LogP) is 4.57. The minimum absolute atomic E-state index is 0.362. The number of rotatable bonds is 3. The number of hydrogen-bond donors (Lipinski definition) is 0. The molecule has 3 heteroatoms. The van der Waals surface area contributed by atoms with Crippen molar-refractivity contribution < 1.29 is 4.74 Å². The molecule has 0 amide bonds. The van der Waals surface area contributed by atoms with Crippen molar-refractivity contribution in [1.82, 2.24) is 0 Å². The quantitative estimate of drug-likeness (QED) is 0.807. The Morgan fingerprint density at radius 1 is 1.22 bits per heavy atom. The topological polar surface area (TPSA) is 33.0 Å². The average Bonchev–Trinajstić information content (AvgIpc) is 2.39. The molecule has 0 heterocycles. The summed E-state index contributed by atoms with van der Waals surface area (Å²) in [6.45, 7) is 2.08. The minimum atomic E-state index is 0.362. The van der Waals surface area contributed by atoms with Crippen LogP contribution < -0.4 is 4.74 Å². The van der Waals surface area contributed by atoms with Gasteiger partial charge in [0, 0.05) is 0 Å². The summed E-state index contributed by atoms with van der Waals surface area (Å²) in [5.41, 5.74) is 1.55. The second-order valence-corrected chi connectivity index (χ2v) is 4.23. The highest BCUT2D eigenvalue weighted by Crippen LogP contribution is 2.30. The molecule has 0 bridgehead atoms. The maximum Gasteiger partial charge on any atom is 0.146 e. The number of nitriles is 1. The van der Waals surface area contributed by atoms with E-state index >= 15 is 0 Å². The molecule has 2 aromatic rings. The summed E-state index contributed by atoms with van der Waals surface area (Å²) in [6.07, 6.45) is 0.942. The second-order valence-electron chi connectivity index (χ2n) is 3.83. The zero-order chi connectivity index (χ0) is 13.0. The molecule has 0 aliphatic heterocycles. The summed E-state index contributed by atoms with van der Waals surface area (Å²) in [4.78, 5) is 0.